The zero-order valence-corrected chi connectivity index (χ0v) is 7.63. The summed E-state index contributed by atoms with van der Waals surface area (Å²) in [6.07, 6.45) is 1.90. The van der Waals surface area contributed by atoms with Crippen molar-refractivity contribution in [2.24, 2.45) is 11.7 Å². The third kappa shape index (κ3) is 1.57. The Labute approximate surface area is 80.9 Å². The van der Waals surface area contributed by atoms with Crippen molar-refractivity contribution in [1.29, 1.82) is 0 Å². The van der Waals surface area contributed by atoms with E-state index in [0.29, 0.717) is 0 Å². The number of anilines is 1. The van der Waals surface area contributed by atoms with E-state index in [0.717, 1.165) is 25.0 Å². The highest BCUT2D eigenvalue weighted by Gasteiger charge is 2.32. The summed E-state index contributed by atoms with van der Waals surface area (Å²) >= 11 is 0. The number of nitrogen functional groups attached to an aromatic ring is 1. The minimum Gasteiger partial charge on any atom is -0.399 e. The molecule has 1 saturated carbocycles. The molecule has 76 valence electrons. The van der Waals surface area contributed by atoms with Crippen molar-refractivity contribution in [3.63, 3.8) is 0 Å². The van der Waals surface area contributed by atoms with Crippen LogP contribution >= 0.6 is 0 Å². The maximum Gasteiger partial charge on any atom is 0.132 e. The lowest BCUT2D eigenvalue weighted by atomic mass is 10.0. The molecule has 2 nitrogen and oxygen atoms in total. The van der Waals surface area contributed by atoms with E-state index in [4.69, 9.17) is 11.5 Å². The van der Waals surface area contributed by atoms with Gasteiger partial charge in [0.1, 0.15) is 11.6 Å². The van der Waals surface area contributed by atoms with Crippen LogP contribution in [0.15, 0.2) is 12.1 Å². The summed E-state index contributed by atoms with van der Waals surface area (Å²) in [4.78, 5) is 0. The topological polar surface area (TPSA) is 52.0 Å². The minimum absolute atomic E-state index is 0.0262. The largest absolute Gasteiger partial charge is 0.399 e. The molecule has 14 heavy (non-hydrogen) atoms. The highest BCUT2D eigenvalue weighted by molar-refractivity contribution is 5.42. The lowest BCUT2D eigenvalue weighted by molar-refractivity contribution is 0.504. The lowest BCUT2D eigenvalue weighted by Gasteiger charge is -2.13. The highest BCUT2D eigenvalue weighted by Crippen LogP contribution is 2.41. The minimum atomic E-state index is -0.637. The average molecular weight is 198 g/mol. The molecule has 0 spiro atoms. The van der Waals surface area contributed by atoms with Crippen molar-refractivity contribution >= 4 is 5.69 Å². The van der Waals surface area contributed by atoms with Gasteiger partial charge in [-0.1, -0.05) is 0 Å². The molecule has 4 heteroatoms. The molecule has 1 aromatic carbocycles. The van der Waals surface area contributed by atoms with Gasteiger partial charge in [-0.3, -0.25) is 0 Å². The number of hydrogen-bond donors (Lipinski definition) is 2. The summed E-state index contributed by atoms with van der Waals surface area (Å²) in [6.45, 7) is 0. The molecule has 2 rings (SSSR count). The van der Waals surface area contributed by atoms with E-state index < -0.39 is 17.7 Å². The maximum absolute atomic E-state index is 13.3. The van der Waals surface area contributed by atoms with Gasteiger partial charge in [-0.05, 0) is 30.9 Å². The van der Waals surface area contributed by atoms with Crippen molar-refractivity contribution in [2.45, 2.75) is 18.9 Å². The zero-order chi connectivity index (χ0) is 10.3. The van der Waals surface area contributed by atoms with Gasteiger partial charge in [0.2, 0.25) is 0 Å². The molecule has 1 aliphatic carbocycles. The van der Waals surface area contributed by atoms with E-state index in [9.17, 15) is 8.78 Å². The zero-order valence-electron chi connectivity index (χ0n) is 7.63. The van der Waals surface area contributed by atoms with Gasteiger partial charge in [0.15, 0.2) is 0 Å². The summed E-state index contributed by atoms with van der Waals surface area (Å²) in [5, 5.41) is 0. The molecule has 0 radical (unpaired) electrons. The second-order valence-electron chi connectivity index (χ2n) is 3.76. The van der Waals surface area contributed by atoms with E-state index in [1.165, 1.54) is 0 Å². The molecule has 0 saturated heterocycles. The van der Waals surface area contributed by atoms with Crippen LogP contribution in [-0.2, 0) is 0 Å². The molecule has 1 aromatic rings. The molecule has 0 heterocycles. The molecule has 4 N–H and O–H groups in total. The first-order valence-electron chi connectivity index (χ1n) is 4.59. The van der Waals surface area contributed by atoms with E-state index in [1.807, 2.05) is 0 Å². The van der Waals surface area contributed by atoms with Crippen LogP contribution in [-0.4, -0.2) is 0 Å². The first-order valence-corrected chi connectivity index (χ1v) is 4.59. The van der Waals surface area contributed by atoms with Crippen LogP contribution in [0.2, 0.25) is 0 Å². The summed E-state index contributed by atoms with van der Waals surface area (Å²) in [5.41, 5.74) is 11.1. The number of halogens is 2. The van der Waals surface area contributed by atoms with Crippen molar-refractivity contribution in [1.82, 2.24) is 0 Å². The normalized spacial score (nSPS) is 18.2. The van der Waals surface area contributed by atoms with Crippen LogP contribution in [0, 0.1) is 17.6 Å². The quantitative estimate of drug-likeness (QED) is 0.713. The van der Waals surface area contributed by atoms with Gasteiger partial charge in [-0.15, -0.1) is 0 Å². The predicted octanol–water partition coefficient (Wildman–Crippen LogP) is 1.96. The Morgan fingerprint density at radius 2 is 1.71 bits per heavy atom. The second-order valence-corrected chi connectivity index (χ2v) is 3.76. The van der Waals surface area contributed by atoms with Crippen LogP contribution in [0.5, 0.6) is 0 Å². The van der Waals surface area contributed by atoms with Crippen LogP contribution in [0.1, 0.15) is 24.4 Å². The summed E-state index contributed by atoms with van der Waals surface area (Å²) < 4.78 is 26.7. The van der Waals surface area contributed by atoms with E-state index in [-0.39, 0.29) is 17.2 Å². The third-order valence-electron chi connectivity index (χ3n) is 2.56. The average Bonchev–Trinajstić information content (AvgIpc) is 2.83. The second kappa shape index (κ2) is 3.20. The van der Waals surface area contributed by atoms with Gasteiger partial charge in [0.25, 0.3) is 0 Å². The highest BCUT2D eigenvalue weighted by atomic mass is 19.1. The molecule has 1 atom stereocenters. The predicted molar refractivity (Wildman–Crippen MR) is 50.4 cm³/mol. The fourth-order valence-corrected chi connectivity index (χ4v) is 1.61. The molecule has 0 amide bonds. The standard InChI is InChI=1S/C10H12F2N2/c11-7-3-6(13)4-8(12)9(7)10(14)5-1-2-5/h3-5,10H,1-2,13-14H2. The van der Waals surface area contributed by atoms with Crippen LogP contribution in [0.25, 0.3) is 0 Å². The van der Waals surface area contributed by atoms with Crippen LogP contribution < -0.4 is 11.5 Å². The van der Waals surface area contributed by atoms with Crippen molar-refractivity contribution in [3.8, 4) is 0 Å². The summed E-state index contributed by atoms with van der Waals surface area (Å²) in [7, 11) is 0. The van der Waals surface area contributed by atoms with Crippen molar-refractivity contribution < 1.29 is 8.78 Å². The van der Waals surface area contributed by atoms with E-state index in [1.54, 1.807) is 0 Å². The smallest absolute Gasteiger partial charge is 0.132 e. The van der Waals surface area contributed by atoms with Gasteiger partial charge < -0.3 is 11.5 Å². The van der Waals surface area contributed by atoms with Crippen molar-refractivity contribution in [2.75, 3.05) is 5.73 Å². The molecule has 0 aromatic heterocycles. The van der Waals surface area contributed by atoms with E-state index in [2.05, 4.69) is 0 Å². The summed E-state index contributed by atoms with van der Waals surface area (Å²) in [6, 6.07) is 1.69. The Morgan fingerprint density at radius 3 is 2.14 bits per heavy atom. The van der Waals surface area contributed by atoms with Crippen molar-refractivity contribution in [3.05, 3.63) is 29.3 Å². The van der Waals surface area contributed by atoms with Crippen LogP contribution in [0.3, 0.4) is 0 Å². The third-order valence-corrected chi connectivity index (χ3v) is 2.56. The van der Waals surface area contributed by atoms with E-state index >= 15 is 0 Å². The molecule has 0 aliphatic heterocycles. The Hall–Kier alpha value is -1.16. The number of hydrogen-bond acceptors (Lipinski definition) is 2. The number of rotatable bonds is 2. The Bertz CT molecular complexity index is 338. The molecule has 1 fully saturated rings. The molecule has 0 bridgehead atoms. The maximum atomic E-state index is 13.3. The first-order chi connectivity index (χ1) is 6.59. The van der Waals surface area contributed by atoms with Gasteiger partial charge in [0, 0.05) is 17.3 Å². The van der Waals surface area contributed by atoms with Gasteiger partial charge >= 0.3 is 0 Å². The first kappa shape index (κ1) is 9.40. The van der Waals surface area contributed by atoms with Gasteiger partial charge in [-0.25, -0.2) is 8.78 Å². The van der Waals surface area contributed by atoms with Crippen LogP contribution in [0.4, 0.5) is 14.5 Å². The Morgan fingerprint density at radius 1 is 1.21 bits per heavy atom. The number of benzene rings is 1. The number of nitrogens with two attached hydrogens (primary N) is 2. The molecule has 1 unspecified atom stereocenters. The molecular formula is C10H12F2N2. The summed E-state index contributed by atoms with van der Waals surface area (Å²) in [5.74, 6) is -1.05. The molecule has 1 aliphatic rings. The monoisotopic (exact) mass is 198 g/mol. The Balaban J connectivity index is 2.40. The van der Waals surface area contributed by atoms with Gasteiger partial charge in [-0.2, -0.15) is 0 Å². The SMILES string of the molecule is Nc1cc(F)c(C(N)C2CC2)c(F)c1. The fraction of sp³-hybridized carbons (Fsp3) is 0.400. The Kier molecular flexibility index (Phi) is 2.15. The molecular weight excluding hydrogens is 186 g/mol. The fourth-order valence-electron chi connectivity index (χ4n) is 1.61. The van der Waals surface area contributed by atoms with Gasteiger partial charge in [0.05, 0.1) is 0 Å². The lowest BCUT2D eigenvalue weighted by Crippen LogP contribution is -2.16.